The molecule has 24 heavy (non-hydrogen) atoms. The Labute approximate surface area is 153 Å². The highest BCUT2D eigenvalue weighted by molar-refractivity contribution is 6.36. The summed E-state index contributed by atoms with van der Waals surface area (Å²) in [4.78, 5) is 16.3. The lowest BCUT2D eigenvalue weighted by molar-refractivity contribution is -0.115. The van der Waals surface area contributed by atoms with Gasteiger partial charge in [0.05, 0.1) is 17.8 Å². The molecule has 0 aliphatic carbocycles. The van der Waals surface area contributed by atoms with Crippen LogP contribution in [-0.2, 0) is 11.2 Å². The molecule has 3 aromatic rings. The summed E-state index contributed by atoms with van der Waals surface area (Å²) >= 11 is 18.2. The second kappa shape index (κ2) is 7.21. The number of carbonyl (C=O) groups is 1. The van der Waals surface area contributed by atoms with E-state index >= 15 is 0 Å². The van der Waals surface area contributed by atoms with Gasteiger partial charge in [0.15, 0.2) is 0 Å². The minimum atomic E-state index is -0.270. The van der Waals surface area contributed by atoms with Crippen molar-refractivity contribution in [2.45, 2.75) is 6.42 Å². The summed E-state index contributed by atoms with van der Waals surface area (Å²) in [6.45, 7) is 0. The highest BCUT2D eigenvalue weighted by Gasteiger charge is 2.14. The van der Waals surface area contributed by atoms with E-state index in [0.29, 0.717) is 32.0 Å². The third kappa shape index (κ3) is 3.70. The number of nitrogens with zero attached hydrogens (tertiary/aromatic N) is 3. The molecule has 1 amide bonds. The minimum Gasteiger partial charge on any atom is -0.324 e. The maximum atomic E-state index is 12.4. The Morgan fingerprint density at radius 3 is 2.54 bits per heavy atom. The Bertz CT molecular complexity index is 861. The molecule has 1 heterocycles. The van der Waals surface area contributed by atoms with E-state index in [1.807, 2.05) is 0 Å². The molecule has 1 aromatic heterocycles. The predicted octanol–water partition coefficient (Wildman–Crippen LogP) is 4.41. The van der Waals surface area contributed by atoms with Gasteiger partial charge in [-0.3, -0.25) is 4.79 Å². The number of amides is 1. The monoisotopic (exact) mass is 380 g/mol. The standard InChI is InChI=1S/C16H11Cl3N4O/c17-10-4-5-15(23-9-20-8-21-23)14(6-10)22-16(24)7-11-12(18)2-1-3-13(11)19/h1-6,8-9H,7H2,(H,22,24). The van der Waals surface area contributed by atoms with Gasteiger partial charge in [0, 0.05) is 15.1 Å². The van der Waals surface area contributed by atoms with E-state index in [2.05, 4.69) is 15.4 Å². The van der Waals surface area contributed by atoms with Gasteiger partial charge in [-0.25, -0.2) is 9.67 Å². The van der Waals surface area contributed by atoms with E-state index < -0.39 is 0 Å². The van der Waals surface area contributed by atoms with E-state index in [1.165, 1.54) is 17.3 Å². The van der Waals surface area contributed by atoms with Crippen LogP contribution in [0.25, 0.3) is 5.69 Å². The molecular formula is C16H11Cl3N4O. The van der Waals surface area contributed by atoms with E-state index in [-0.39, 0.29) is 12.3 Å². The second-order valence-corrected chi connectivity index (χ2v) is 6.18. The van der Waals surface area contributed by atoms with Gasteiger partial charge in [-0.15, -0.1) is 0 Å². The highest BCUT2D eigenvalue weighted by atomic mass is 35.5. The highest BCUT2D eigenvalue weighted by Crippen LogP contribution is 2.27. The molecule has 0 saturated carbocycles. The Hall–Kier alpha value is -2.08. The first-order valence-electron chi connectivity index (χ1n) is 6.92. The van der Waals surface area contributed by atoms with E-state index in [0.717, 1.165) is 0 Å². The van der Waals surface area contributed by atoms with E-state index in [4.69, 9.17) is 34.8 Å². The van der Waals surface area contributed by atoms with Crippen molar-refractivity contribution in [1.29, 1.82) is 0 Å². The number of halogens is 3. The van der Waals surface area contributed by atoms with Crippen LogP contribution in [0.3, 0.4) is 0 Å². The topological polar surface area (TPSA) is 59.8 Å². The van der Waals surface area contributed by atoms with Crippen LogP contribution in [0.2, 0.25) is 15.1 Å². The lowest BCUT2D eigenvalue weighted by atomic mass is 10.1. The lowest BCUT2D eigenvalue weighted by Crippen LogP contribution is -2.16. The third-order valence-corrected chi connectivity index (χ3v) is 4.24. The average molecular weight is 382 g/mol. The number of nitrogens with one attached hydrogen (secondary N) is 1. The van der Waals surface area contributed by atoms with Gasteiger partial charge >= 0.3 is 0 Å². The number of anilines is 1. The number of aromatic nitrogens is 3. The third-order valence-electron chi connectivity index (χ3n) is 3.30. The predicted molar refractivity (Wildman–Crippen MR) is 95.2 cm³/mol. The largest absolute Gasteiger partial charge is 0.324 e. The number of benzene rings is 2. The summed E-state index contributed by atoms with van der Waals surface area (Å²) in [5.74, 6) is -0.270. The molecule has 1 N–H and O–H groups in total. The van der Waals surface area contributed by atoms with Crippen molar-refractivity contribution >= 4 is 46.4 Å². The molecule has 0 spiro atoms. The van der Waals surface area contributed by atoms with Crippen molar-refractivity contribution in [2.24, 2.45) is 0 Å². The van der Waals surface area contributed by atoms with Gasteiger partial charge in [0.1, 0.15) is 12.7 Å². The molecule has 8 heteroatoms. The summed E-state index contributed by atoms with van der Waals surface area (Å²) in [7, 11) is 0. The molecule has 0 bridgehead atoms. The minimum absolute atomic E-state index is 0.0435. The van der Waals surface area contributed by atoms with E-state index in [1.54, 1.807) is 36.4 Å². The smallest absolute Gasteiger partial charge is 0.228 e. The molecule has 5 nitrogen and oxygen atoms in total. The fourth-order valence-corrected chi connectivity index (χ4v) is 2.90. The van der Waals surface area contributed by atoms with Gasteiger partial charge in [-0.2, -0.15) is 5.10 Å². The molecule has 0 saturated heterocycles. The number of carbonyl (C=O) groups excluding carboxylic acids is 1. The fraction of sp³-hybridized carbons (Fsp3) is 0.0625. The van der Waals surface area contributed by atoms with Gasteiger partial charge in [0.25, 0.3) is 0 Å². The van der Waals surface area contributed by atoms with Crippen LogP contribution in [0.5, 0.6) is 0 Å². The summed E-state index contributed by atoms with van der Waals surface area (Å²) < 4.78 is 1.54. The normalized spacial score (nSPS) is 10.6. The zero-order valence-electron chi connectivity index (χ0n) is 12.2. The van der Waals surface area contributed by atoms with Crippen LogP contribution < -0.4 is 5.32 Å². The number of hydrogen-bond acceptors (Lipinski definition) is 3. The first-order valence-corrected chi connectivity index (χ1v) is 8.05. The van der Waals surface area contributed by atoms with Crippen molar-refractivity contribution in [3.63, 3.8) is 0 Å². The second-order valence-electron chi connectivity index (χ2n) is 4.93. The van der Waals surface area contributed by atoms with Crippen LogP contribution in [0.1, 0.15) is 5.56 Å². The maximum Gasteiger partial charge on any atom is 0.228 e. The zero-order valence-corrected chi connectivity index (χ0v) is 14.5. The summed E-state index contributed by atoms with van der Waals surface area (Å²) in [6.07, 6.45) is 2.98. The molecule has 0 unspecified atom stereocenters. The average Bonchev–Trinajstić information content (AvgIpc) is 3.05. The molecule has 122 valence electrons. The van der Waals surface area contributed by atoms with E-state index in [9.17, 15) is 4.79 Å². The molecule has 0 radical (unpaired) electrons. The zero-order chi connectivity index (χ0) is 17.1. The van der Waals surface area contributed by atoms with Gasteiger partial charge in [-0.05, 0) is 35.9 Å². The number of rotatable bonds is 4. The molecule has 2 aromatic carbocycles. The molecular weight excluding hydrogens is 371 g/mol. The molecule has 3 rings (SSSR count). The SMILES string of the molecule is O=C(Cc1c(Cl)cccc1Cl)Nc1cc(Cl)ccc1-n1cncn1. The van der Waals surface area contributed by atoms with Crippen molar-refractivity contribution < 1.29 is 4.79 Å². The Kier molecular flexibility index (Phi) is 5.04. The van der Waals surface area contributed by atoms with Crippen LogP contribution in [0.4, 0.5) is 5.69 Å². The Balaban J connectivity index is 1.86. The quantitative estimate of drug-likeness (QED) is 0.728. The maximum absolute atomic E-state index is 12.4. The van der Waals surface area contributed by atoms with Crippen molar-refractivity contribution in [2.75, 3.05) is 5.32 Å². The summed E-state index contributed by atoms with van der Waals surface area (Å²) in [6, 6.07) is 10.2. The van der Waals surface area contributed by atoms with Crippen molar-refractivity contribution in [3.8, 4) is 5.69 Å². The van der Waals surface area contributed by atoms with Gasteiger partial charge < -0.3 is 5.32 Å². The van der Waals surface area contributed by atoms with Crippen LogP contribution in [0, 0.1) is 0 Å². The molecule has 0 fully saturated rings. The first-order chi connectivity index (χ1) is 11.5. The Morgan fingerprint density at radius 1 is 1.12 bits per heavy atom. The Morgan fingerprint density at radius 2 is 1.88 bits per heavy atom. The fourth-order valence-electron chi connectivity index (χ4n) is 2.20. The number of hydrogen-bond donors (Lipinski definition) is 1. The molecule has 0 aliphatic rings. The first kappa shape index (κ1) is 16.8. The molecule has 0 aliphatic heterocycles. The lowest BCUT2D eigenvalue weighted by Gasteiger charge is -2.12. The van der Waals surface area contributed by atoms with Crippen molar-refractivity contribution in [1.82, 2.24) is 14.8 Å². The van der Waals surface area contributed by atoms with Gasteiger partial charge in [-0.1, -0.05) is 40.9 Å². The van der Waals surface area contributed by atoms with Crippen molar-refractivity contribution in [3.05, 3.63) is 69.7 Å². The molecule has 0 atom stereocenters. The van der Waals surface area contributed by atoms with Crippen LogP contribution in [0.15, 0.2) is 49.1 Å². The summed E-state index contributed by atoms with van der Waals surface area (Å²) in [5, 5.41) is 8.26. The van der Waals surface area contributed by atoms with Crippen LogP contribution >= 0.6 is 34.8 Å². The van der Waals surface area contributed by atoms with Gasteiger partial charge in [0.2, 0.25) is 5.91 Å². The summed E-state index contributed by atoms with van der Waals surface area (Å²) in [5.41, 5.74) is 1.74. The van der Waals surface area contributed by atoms with Crippen LogP contribution in [-0.4, -0.2) is 20.7 Å².